The topological polar surface area (TPSA) is 93.5 Å². The van der Waals surface area contributed by atoms with Gasteiger partial charge in [0.1, 0.15) is 6.33 Å². The highest BCUT2D eigenvalue weighted by Crippen LogP contribution is 2.21. The number of aryl methyl sites for hydroxylation is 1. The first-order chi connectivity index (χ1) is 7.44. The lowest BCUT2D eigenvalue weighted by Gasteiger charge is -2.01. The Morgan fingerprint density at radius 2 is 2.12 bits per heavy atom. The number of hydrogen-bond acceptors (Lipinski definition) is 5. The molecule has 0 fully saturated rings. The molecular weight excluding hydrogens is 254 g/mol. The Labute approximate surface area is 96.5 Å². The maximum absolute atomic E-state index is 12.0. The lowest BCUT2D eigenvalue weighted by atomic mass is 10.4. The second kappa shape index (κ2) is 3.56. The highest BCUT2D eigenvalue weighted by Gasteiger charge is 2.25. The number of aromatic amines is 1. The third-order valence-corrected chi connectivity index (χ3v) is 4.07. The van der Waals surface area contributed by atoms with E-state index in [1.807, 2.05) is 0 Å². The first-order valence-corrected chi connectivity index (χ1v) is 6.09. The van der Waals surface area contributed by atoms with Crippen LogP contribution in [0.15, 0.2) is 11.5 Å². The fraction of sp³-hybridized carbons (Fsp3) is 0.286. The van der Waals surface area contributed by atoms with Crippen molar-refractivity contribution in [2.75, 3.05) is 0 Å². The van der Waals surface area contributed by atoms with Crippen molar-refractivity contribution in [1.82, 2.24) is 24.4 Å². The second-order valence-corrected chi connectivity index (χ2v) is 5.18. The van der Waals surface area contributed by atoms with Gasteiger partial charge in [-0.3, -0.25) is 0 Å². The summed E-state index contributed by atoms with van der Waals surface area (Å²) in [4.78, 5) is 3.59. The minimum atomic E-state index is -3.84. The molecule has 0 radical (unpaired) electrons. The minimum Gasteiger partial charge on any atom is -0.248 e. The molecule has 0 aromatic carbocycles. The van der Waals surface area contributed by atoms with E-state index in [1.54, 1.807) is 13.8 Å². The van der Waals surface area contributed by atoms with Gasteiger partial charge >= 0.3 is 10.0 Å². The van der Waals surface area contributed by atoms with Crippen LogP contribution in [0.3, 0.4) is 0 Å². The Bertz CT molecular complexity index is 615. The van der Waals surface area contributed by atoms with E-state index < -0.39 is 10.0 Å². The molecule has 2 aromatic heterocycles. The molecule has 2 aromatic rings. The summed E-state index contributed by atoms with van der Waals surface area (Å²) in [7, 11) is -3.84. The van der Waals surface area contributed by atoms with Crippen LogP contribution >= 0.6 is 11.6 Å². The van der Waals surface area contributed by atoms with Crippen molar-refractivity contribution in [1.29, 1.82) is 0 Å². The van der Waals surface area contributed by atoms with Crippen LogP contribution in [0.1, 0.15) is 11.4 Å². The number of H-pyrrole nitrogens is 1. The van der Waals surface area contributed by atoms with Crippen LogP contribution in [0, 0.1) is 13.8 Å². The van der Waals surface area contributed by atoms with Crippen molar-refractivity contribution in [2.45, 2.75) is 19.0 Å². The number of rotatable bonds is 2. The molecule has 2 rings (SSSR count). The van der Waals surface area contributed by atoms with Crippen LogP contribution in [-0.2, 0) is 10.0 Å². The smallest absolute Gasteiger partial charge is 0.248 e. The Balaban J connectivity index is 2.66. The summed E-state index contributed by atoms with van der Waals surface area (Å²) >= 11 is 5.87. The number of nitrogens with zero attached hydrogens (tertiary/aromatic N) is 4. The molecule has 0 spiro atoms. The molecule has 0 aliphatic carbocycles. The highest BCUT2D eigenvalue weighted by atomic mass is 35.5. The monoisotopic (exact) mass is 261 g/mol. The van der Waals surface area contributed by atoms with Crippen molar-refractivity contribution in [2.24, 2.45) is 0 Å². The van der Waals surface area contributed by atoms with Crippen LogP contribution in [0.2, 0.25) is 5.02 Å². The molecule has 0 aliphatic heterocycles. The second-order valence-electron chi connectivity index (χ2n) is 3.12. The Morgan fingerprint density at radius 1 is 1.44 bits per heavy atom. The zero-order valence-corrected chi connectivity index (χ0v) is 10.0. The third kappa shape index (κ3) is 1.50. The van der Waals surface area contributed by atoms with Crippen LogP contribution in [0.4, 0.5) is 0 Å². The molecule has 0 amide bonds. The van der Waals surface area contributed by atoms with E-state index in [1.165, 1.54) is 0 Å². The van der Waals surface area contributed by atoms with Gasteiger partial charge in [0, 0.05) is 0 Å². The Hall–Kier alpha value is -1.41. The molecule has 0 atom stereocenters. The first-order valence-electron chi connectivity index (χ1n) is 4.27. The van der Waals surface area contributed by atoms with Gasteiger partial charge in [-0.05, 0) is 13.8 Å². The summed E-state index contributed by atoms with van der Waals surface area (Å²) in [6.45, 7) is 3.19. The van der Waals surface area contributed by atoms with Crippen molar-refractivity contribution in [3.05, 3.63) is 22.7 Å². The average molecular weight is 262 g/mol. The largest absolute Gasteiger partial charge is 0.318 e. The molecular formula is C7H8ClN5O2S. The van der Waals surface area contributed by atoms with Gasteiger partial charge in [-0.25, -0.2) is 10.1 Å². The van der Waals surface area contributed by atoms with E-state index >= 15 is 0 Å². The van der Waals surface area contributed by atoms with E-state index in [0.29, 0.717) is 16.4 Å². The lowest BCUT2D eigenvalue weighted by molar-refractivity contribution is 0.569. The van der Waals surface area contributed by atoms with Gasteiger partial charge in [0.05, 0.1) is 16.4 Å². The predicted molar refractivity (Wildman–Crippen MR) is 55.7 cm³/mol. The number of nitrogens with one attached hydrogen (secondary N) is 1. The highest BCUT2D eigenvalue weighted by molar-refractivity contribution is 7.89. The summed E-state index contributed by atoms with van der Waals surface area (Å²) in [5.41, 5.74) is 0.790. The predicted octanol–water partition coefficient (Wildman–Crippen LogP) is 0.508. The van der Waals surface area contributed by atoms with Gasteiger partial charge < -0.3 is 0 Å². The summed E-state index contributed by atoms with van der Waals surface area (Å²) in [6, 6.07) is 0. The zero-order chi connectivity index (χ0) is 11.9. The lowest BCUT2D eigenvalue weighted by Crippen LogP contribution is -2.17. The van der Waals surface area contributed by atoms with E-state index in [9.17, 15) is 8.42 Å². The van der Waals surface area contributed by atoms with Gasteiger partial charge in [0.2, 0.25) is 0 Å². The minimum absolute atomic E-state index is 0.269. The van der Waals surface area contributed by atoms with Gasteiger partial charge in [0.15, 0.2) is 0 Å². The van der Waals surface area contributed by atoms with Gasteiger partial charge in [-0.15, -0.1) is 0 Å². The Morgan fingerprint density at radius 3 is 2.56 bits per heavy atom. The Kier molecular flexibility index (Phi) is 2.47. The summed E-state index contributed by atoms with van der Waals surface area (Å²) < 4.78 is 24.8. The summed E-state index contributed by atoms with van der Waals surface area (Å²) in [6.07, 6.45) is 1.11. The van der Waals surface area contributed by atoms with Gasteiger partial charge in [-0.1, -0.05) is 11.6 Å². The van der Waals surface area contributed by atoms with E-state index in [2.05, 4.69) is 20.3 Å². The third-order valence-electron chi connectivity index (χ3n) is 2.03. The normalized spacial score (nSPS) is 11.9. The number of hydrogen-bond donors (Lipinski definition) is 1. The summed E-state index contributed by atoms with van der Waals surface area (Å²) in [5, 5.41) is 9.66. The van der Waals surface area contributed by atoms with Gasteiger partial charge in [-0.2, -0.15) is 22.7 Å². The fourth-order valence-corrected chi connectivity index (χ4v) is 2.60. The maximum Gasteiger partial charge on any atom is 0.318 e. The van der Waals surface area contributed by atoms with Crippen LogP contribution < -0.4 is 0 Å². The van der Waals surface area contributed by atoms with E-state index in [-0.39, 0.29) is 5.16 Å². The molecule has 9 heteroatoms. The molecule has 0 aliphatic rings. The molecule has 0 unspecified atom stereocenters. The first kappa shape index (κ1) is 11.1. The van der Waals surface area contributed by atoms with Crippen LogP contribution in [0.5, 0.6) is 0 Å². The zero-order valence-electron chi connectivity index (χ0n) is 8.47. The fourth-order valence-electron chi connectivity index (χ4n) is 1.24. The molecule has 0 saturated carbocycles. The van der Waals surface area contributed by atoms with Crippen molar-refractivity contribution in [3.63, 3.8) is 0 Å². The molecule has 0 bridgehead atoms. The molecule has 7 nitrogen and oxygen atoms in total. The standard InChI is InChI=1S/C7H8ClN5O2S/c1-4-6(8)5(2)13(12-4)16(14,15)7-9-3-10-11-7/h3H,1-2H3,(H,9,10,11). The molecule has 2 heterocycles. The van der Waals surface area contributed by atoms with Crippen molar-refractivity contribution >= 4 is 21.6 Å². The van der Waals surface area contributed by atoms with Gasteiger partial charge in [0.25, 0.3) is 5.16 Å². The molecule has 1 N–H and O–H groups in total. The van der Waals surface area contributed by atoms with Crippen molar-refractivity contribution in [3.8, 4) is 0 Å². The van der Waals surface area contributed by atoms with Crippen LogP contribution in [0.25, 0.3) is 0 Å². The maximum atomic E-state index is 12.0. The van der Waals surface area contributed by atoms with E-state index in [4.69, 9.17) is 11.6 Å². The van der Waals surface area contributed by atoms with Crippen molar-refractivity contribution < 1.29 is 8.42 Å². The molecule has 0 saturated heterocycles. The summed E-state index contributed by atoms with van der Waals surface area (Å²) in [5.74, 6) is 0. The molecule has 16 heavy (non-hydrogen) atoms. The van der Waals surface area contributed by atoms with E-state index in [0.717, 1.165) is 10.4 Å². The molecule has 86 valence electrons. The average Bonchev–Trinajstić information content (AvgIpc) is 2.83. The van der Waals surface area contributed by atoms with Crippen LogP contribution in [-0.4, -0.2) is 32.8 Å². The number of aromatic nitrogens is 5. The SMILES string of the molecule is Cc1nn(S(=O)(=O)c2ncn[nH]2)c(C)c1Cl. The number of halogens is 1. The quantitative estimate of drug-likeness (QED) is 0.850.